The molecule has 17 nitrogen and oxygen atoms in total. The topological polar surface area (TPSA) is 257 Å². The molecule has 0 radical (unpaired) electrons. The summed E-state index contributed by atoms with van der Waals surface area (Å²) in [6.45, 7) is 0.972. The van der Waals surface area contributed by atoms with Crippen LogP contribution in [0.5, 0.6) is 0 Å². The molecule has 5 unspecified atom stereocenters. The average Bonchev–Trinajstić information content (AvgIpc) is 2.73. The van der Waals surface area contributed by atoms with E-state index in [4.69, 9.17) is 23.8 Å². The van der Waals surface area contributed by atoms with Gasteiger partial charge in [-0.15, -0.1) is 0 Å². The molecule has 7 N–H and O–H groups in total. The monoisotopic (exact) mass is 588 g/mol. The zero-order chi connectivity index (χ0) is 28.0. The smallest absolute Gasteiger partial charge is 0.370 e. The number of aliphatic hydroxyl groups excluding tert-OH is 2. The van der Waals surface area contributed by atoms with Crippen LogP contribution in [0.2, 0.25) is 0 Å². The Bertz CT molecular complexity index is 769. The van der Waals surface area contributed by atoms with E-state index in [1.165, 1.54) is 0 Å². The molecule has 0 aliphatic carbocycles. The fourth-order valence-corrected chi connectivity index (χ4v) is 4.76. The fraction of sp³-hybridized carbons (Fsp3) is 0.875. The van der Waals surface area contributed by atoms with Gasteiger partial charge in [-0.3, -0.25) is 32.2 Å². The number of phosphoric ester groups is 2. The molecule has 0 spiro atoms. The van der Waals surface area contributed by atoms with Crippen LogP contribution in [0.1, 0.15) is 39.5 Å². The van der Waals surface area contributed by atoms with Crippen LogP contribution in [-0.4, -0.2) is 88.4 Å². The Hall–Kier alpha value is -0.770. The molecule has 0 fully saturated rings. The molecule has 0 bridgehead atoms. The third-order valence-electron chi connectivity index (χ3n) is 4.00. The van der Waals surface area contributed by atoms with Crippen LogP contribution in [0.25, 0.3) is 0 Å². The van der Waals surface area contributed by atoms with Crippen molar-refractivity contribution in [2.24, 2.45) is 0 Å². The molecule has 0 aliphatic rings. The second kappa shape index (κ2) is 16.9. The Morgan fingerprint density at radius 2 is 1.11 bits per heavy atom. The number of aliphatic hydroxyl groups is 2. The maximum atomic E-state index is 12.5. The van der Waals surface area contributed by atoms with E-state index in [1.54, 1.807) is 13.8 Å². The lowest BCUT2D eigenvalue weighted by Gasteiger charge is -2.24. The van der Waals surface area contributed by atoms with Crippen LogP contribution in [0.15, 0.2) is 0 Å². The Kier molecular flexibility index (Phi) is 16.6. The minimum atomic E-state index is -4.75. The first-order valence-electron chi connectivity index (χ1n) is 10.7. The van der Waals surface area contributed by atoms with Crippen LogP contribution in [0.4, 0.5) is 0 Å². The number of hydrogen-bond donors (Lipinski definition) is 7. The minimum absolute atomic E-state index is 0.0210. The van der Waals surface area contributed by atoms with Crippen molar-refractivity contribution < 1.29 is 70.8 Å². The molecular formula is C16H35N2O15P3. The van der Waals surface area contributed by atoms with Gasteiger partial charge in [0, 0.05) is 19.8 Å². The summed E-state index contributed by atoms with van der Waals surface area (Å²) >= 11 is 0. The second-order valence-corrected chi connectivity index (χ2v) is 11.9. The summed E-state index contributed by atoms with van der Waals surface area (Å²) in [7, 11) is -13.6. The average molecular weight is 588 g/mol. The number of amides is 2. The second-order valence-electron chi connectivity index (χ2n) is 7.24. The van der Waals surface area contributed by atoms with Gasteiger partial charge >= 0.3 is 23.2 Å². The highest BCUT2D eigenvalue weighted by atomic mass is 31.2. The van der Waals surface area contributed by atoms with Gasteiger partial charge in [0.15, 0.2) is 13.6 Å². The van der Waals surface area contributed by atoms with E-state index in [1.807, 2.05) is 0 Å². The Morgan fingerprint density at radius 1 is 0.750 bits per heavy atom. The normalized spacial score (nSPS) is 19.2. The lowest BCUT2D eigenvalue weighted by atomic mass is 10.2. The summed E-state index contributed by atoms with van der Waals surface area (Å²) in [4.78, 5) is 53.5. The molecule has 0 aromatic carbocycles. The zero-order valence-corrected chi connectivity index (χ0v) is 22.7. The highest BCUT2D eigenvalue weighted by molar-refractivity contribution is 7.51. The maximum Gasteiger partial charge on any atom is 0.475 e. The summed E-state index contributed by atoms with van der Waals surface area (Å²) in [5.41, 5.74) is 0. The van der Waals surface area contributed by atoms with Crippen molar-refractivity contribution in [3.05, 3.63) is 0 Å². The molecule has 36 heavy (non-hydrogen) atoms. The largest absolute Gasteiger partial charge is 0.475 e. The van der Waals surface area contributed by atoms with Gasteiger partial charge < -0.3 is 40.1 Å². The lowest BCUT2D eigenvalue weighted by Crippen LogP contribution is -2.46. The third-order valence-corrected chi connectivity index (χ3v) is 6.62. The Labute approximate surface area is 208 Å². The number of carbonyl (C=O) groups is 2. The molecule has 0 heterocycles. The van der Waals surface area contributed by atoms with Crippen molar-refractivity contribution in [2.45, 2.75) is 57.8 Å². The summed E-state index contributed by atoms with van der Waals surface area (Å²) in [5.74, 6) is -1.82. The van der Waals surface area contributed by atoms with E-state index < -0.39 is 80.0 Å². The number of carbonyl (C=O) groups excluding carboxylic acids is 2. The van der Waals surface area contributed by atoms with Gasteiger partial charge in [-0.25, -0.2) is 9.13 Å². The van der Waals surface area contributed by atoms with Gasteiger partial charge in [0.1, 0.15) is 18.3 Å². The van der Waals surface area contributed by atoms with Crippen LogP contribution in [0, 0.1) is 0 Å². The Balaban J connectivity index is 5.30. The van der Waals surface area contributed by atoms with Crippen molar-refractivity contribution in [1.29, 1.82) is 0 Å². The number of phosphoric acid groups is 2. The quantitative estimate of drug-likeness (QED) is 0.0725. The standard InChI is InChI=1S/C16H35N2O15P3/c1-4-6-13(32-35(25,26)29-10-19)15(21)17-8-12(31-34(3,23)24)9-18-16(22)14(7-5-2)33-36(27,28)30-11-20/h12-14,19-20H,4-11H2,1-3H3,(H,17,21)(H,18,22)(H,23,24)(H,25,26)(H,27,28). The zero-order valence-electron chi connectivity index (χ0n) is 20.0. The van der Waals surface area contributed by atoms with Crippen molar-refractivity contribution in [3.8, 4) is 0 Å². The molecule has 5 atom stereocenters. The van der Waals surface area contributed by atoms with E-state index in [0.29, 0.717) is 12.8 Å². The summed E-state index contributed by atoms with van der Waals surface area (Å²) < 4.78 is 58.0. The van der Waals surface area contributed by atoms with Crippen LogP contribution < -0.4 is 10.6 Å². The lowest BCUT2D eigenvalue weighted by molar-refractivity contribution is -0.130. The molecule has 0 rings (SSSR count). The number of nitrogens with one attached hydrogen (secondary N) is 2. The number of rotatable bonds is 20. The predicted octanol–water partition coefficient (Wildman–Crippen LogP) is -0.0766. The minimum Gasteiger partial charge on any atom is -0.370 e. The SMILES string of the molecule is CCCC(OP(=O)(O)OCO)C(=O)NCC(CNC(=O)C(CCC)OP(=O)(O)OCO)OP(C)(=O)O. The summed E-state index contributed by atoms with van der Waals surface area (Å²) in [5, 5.41) is 21.9. The summed E-state index contributed by atoms with van der Waals surface area (Å²) in [6.07, 6.45) is -3.61. The molecule has 20 heteroatoms. The first-order chi connectivity index (χ1) is 16.6. The van der Waals surface area contributed by atoms with Crippen LogP contribution in [0.3, 0.4) is 0 Å². The van der Waals surface area contributed by atoms with Gasteiger partial charge in [0.25, 0.3) is 0 Å². The van der Waals surface area contributed by atoms with E-state index >= 15 is 0 Å². The highest BCUT2D eigenvalue weighted by Crippen LogP contribution is 2.45. The first kappa shape index (κ1) is 35.2. The van der Waals surface area contributed by atoms with Gasteiger partial charge in [-0.2, -0.15) is 0 Å². The molecule has 2 amide bonds. The van der Waals surface area contributed by atoms with Crippen molar-refractivity contribution in [3.63, 3.8) is 0 Å². The van der Waals surface area contributed by atoms with Crippen molar-refractivity contribution >= 4 is 35.1 Å². The number of hydrogen-bond acceptors (Lipinski definition) is 12. The maximum absolute atomic E-state index is 12.5. The van der Waals surface area contributed by atoms with Gasteiger partial charge in [-0.05, 0) is 12.8 Å². The van der Waals surface area contributed by atoms with Crippen molar-refractivity contribution in [1.82, 2.24) is 10.6 Å². The van der Waals surface area contributed by atoms with Gasteiger partial charge in [-0.1, -0.05) is 26.7 Å². The molecule has 214 valence electrons. The molecule has 0 saturated carbocycles. The first-order valence-corrected chi connectivity index (χ1v) is 15.7. The van der Waals surface area contributed by atoms with Gasteiger partial charge in [0.2, 0.25) is 11.8 Å². The van der Waals surface area contributed by atoms with Crippen LogP contribution >= 0.6 is 23.2 Å². The van der Waals surface area contributed by atoms with Crippen molar-refractivity contribution in [2.75, 3.05) is 33.3 Å². The highest BCUT2D eigenvalue weighted by Gasteiger charge is 2.33. The molecule has 0 saturated heterocycles. The molecule has 0 aromatic heterocycles. The molecular weight excluding hydrogens is 553 g/mol. The predicted molar refractivity (Wildman–Crippen MR) is 122 cm³/mol. The summed E-state index contributed by atoms with van der Waals surface area (Å²) in [6, 6.07) is 0. The third kappa shape index (κ3) is 16.2. The Morgan fingerprint density at radius 3 is 1.39 bits per heavy atom. The van der Waals surface area contributed by atoms with Gasteiger partial charge in [0.05, 0.1) is 0 Å². The van der Waals surface area contributed by atoms with Crippen LogP contribution in [-0.2, 0) is 45.9 Å². The van der Waals surface area contributed by atoms with E-state index in [0.717, 1.165) is 6.66 Å². The molecule has 0 aromatic rings. The fourth-order valence-electron chi connectivity index (χ4n) is 2.60. The van der Waals surface area contributed by atoms with E-state index in [2.05, 4.69) is 19.7 Å². The van der Waals surface area contributed by atoms with E-state index in [-0.39, 0.29) is 12.8 Å². The molecule has 0 aliphatic heterocycles. The van der Waals surface area contributed by atoms with E-state index in [9.17, 15) is 38.0 Å².